The molecular formula is C23H22O3. The first-order valence-corrected chi connectivity index (χ1v) is 8.83. The van der Waals surface area contributed by atoms with Crippen LogP contribution in [-0.4, -0.2) is 20.0 Å². The molecule has 1 aliphatic rings. The SMILES string of the molecule is COc1cc2c(C)c3c(c(C)c2cc1OC)C(=O)C(c1ccccc1)C3. The zero-order chi connectivity index (χ0) is 18.4. The number of benzene rings is 3. The highest BCUT2D eigenvalue weighted by Crippen LogP contribution is 2.43. The molecule has 4 rings (SSSR count). The van der Waals surface area contributed by atoms with Gasteiger partial charge in [0, 0.05) is 5.56 Å². The molecule has 0 saturated carbocycles. The lowest BCUT2D eigenvalue weighted by molar-refractivity contribution is 0.0972. The Morgan fingerprint density at radius 1 is 0.885 bits per heavy atom. The van der Waals surface area contributed by atoms with E-state index in [0.717, 1.165) is 39.4 Å². The smallest absolute Gasteiger partial charge is 0.171 e. The number of ketones is 1. The molecule has 0 spiro atoms. The Bertz CT molecular complexity index is 1020. The van der Waals surface area contributed by atoms with Gasteiger partial charge in [0.15, 0.2) is 17.3 Å². The van der Waals surface area contributed by atoms with Gasteiger partial charge in [0.1, 0.15) is 0 Å². The normalized spacial score (nSPS) is 16.0. The second kappa shape index (κ2) is 6.17. The maximum Gasteiger partial charge on any atom is 0.171 e. The summed E-state index contributed by atoms with van der Waals surface area (Å²) in [6.07, 6.45) is 0.759. The molecule has 0 bridgehead atoms. The summed E-state index contributed by atoms with van der Waals surface area (Å²) in [5, 5.41) is 2.18. The number of carbonyl (C=O) groups excluding carboxylic acids is 1. The highest BCUT2D eigenvalue weighted by Gasteiger charge is 2.35. The van der Waals surface area contributed by atoms with Gasteiger partial charge < -0.3 is 9.47 Å². The van der Waals surface area contributed by atoms with Gasteiger partial charge in [-0.1, -0.05) is 30.3 Å². The summed E-state index contributed by atoms with van der Waals surface area (Å²) in [7, 11) is 3.28. The van der Waals surface area contributed by atoms with E-state index in [2.05, 4.69) is 6.92 Å². The third kappa shape index (κ3) is 2.31. The number of fused-ring (bicyclic) bond motifs is 2. The van der Waals surface area contributed by atoms with E-state index >= 15 is 0 Å². The average molecular weight is 346 g/mol. The van der Waals surface area contributed by atoms with Crippen molar-refractivity contribution in [1.29, 1.82) is 0 Å². The number of rotatable bonds is 3. The first-order chi connectivity index (χ1) is 12.6. The fourth-order valence-corrected chi connectivity index (χ4v) is 4.22. The third-order valence-electron chi connectivity index (χ3n) is 5.63. The summed E-state index contributed by atoms with van der Waals surface area (Å²) in [6, 6.07) is 14.1. The largest absolute Gasteiger partial charge is 0.493 e. The van der Waals surface area contributed by atoms with E-state index in [4.69, 9.17) is 9.47 Å². The molecule has 0 aliphatic heterocycles. The fourth-order valence-electron chi connectivity index (χ4n) is 4.22. The third-order valence-corrected chi connectivity index (χ3v) is 5.63. The Kier molecular flexibility index (Phi) is 3.95. The lowest BCUT2D eigenvalue weighted by atomic mass is 9.91. The number of hydrogen-bond donors (Lipinski definition) is 0. The summed E-state index contributed by atoms with van der Waals surface area (Å²) in [5.74, 6) is 1.53. The zero-order valence-corrected chi connectivity index (χ0v) is 15.6. The van der Waals surface area contributed by atoms with Crippen molar-refractivity contribution in [2.45, 2.75) is 26.2 Å². The van der Waals surface area contributed by atoms with E-state index in [1.165, 1.54) is 5.56 Å². The van der Waals surface area contributed by atoms with Gasteiger partial charge in [0.05, 0.1) is 20.1 Å². The van der Waals surface area contributed by atoms with Gasteiger partial charge in [-0.05, 0) is 65.4 Å². The molecule has 3 heteroatoms. The molecule has 26 heavy (non-hydrogen) atoms. The van der Waals surface area contributed by atoms with Gasteiger partial charge in [-0.15, -0.1) is 0 Å². The van der Waals surface area contributed by atoms with E-state index in [0.29, 0.717) is 11.5 Å². The van der Waals surface area contributed by atoms with Crippen LogP contribution in [0.1, 0.15) is 38.5 Å². The summed E-state index contributed by atoms with van der Waals surface area (Å²) >= 11 is 0. The Hall–Kier alpha value is -2.81. The molecule has 1 aliphatic carbocycles. The Balaban J connectivity index is 1.96. The number of carbonyl (C=O) groups is 1. The first-order valence-electron chi connectivity index (χ1n) is 8.83. The van der Waals surface area contributed by atoms with Crippen molar-refractivity contribution in [2.24, 2.45) is 0 Å². The predicted molar refractivity (Wildman–Crippen MR) is 104 cm³/mol. The maximum atomic E-state index is 13.2. The number of methoxy groups -OCH3 is 2. The van der Waals surface area contributed by atoms with E-state index in [9.17, 15) is 4.79 Å². The Morgan fingerprint density at radius 2 is 1.46 bits per heavy atom. The minimum atomic E-state index is -0.0933. The minimum Gasteiger partial charge on any atom is -0.493 e. The van der Waals surface area contributed by atoms with Gasteiger partial charge in [0.2, 0.25) is 0 Å². The first kappa shape index (κ1) is 16.6. The molecule has 1 unspecified atom stereocenters. The summed E-state index contributed by atoms with van der Waals surface area (Å²) < 4.78 is 10.9. The molecule has 132 valence electrons. The van der Waals surface area contributed by atoms with Gasteiger partial charge >= 0.3 is 0 Å². The number of aryl methyl sites for hydroxylation is 2. The molecule has 0 radical (unpaired) electrons. The molecule has 0 heterocycles. The molecule has 1 atom stereocenters. The molecular weight excluding hydrogens is 324 g/mol. The number of Topliss-reactive ketones (excluding diaryl/α,β-unsaturated/α-hetero) is 1. The van der Waals surface area contributed by atoms with Crippen LogP contribution >= 0.6 is 0 Å². The van der Waals surface area contributed by atoms with Crippen molar-refractivity contribution in [3.8, 4) is 11.5 Å². The van der Waals surface area contributed by atoms with Crippen molar-refractivity contribution in [3.63, 3.8) is 0 Å². The van der Waals surface area contributed by atoms with Crippen molar-refractivity contribution in [2.75, 3.05) is 14.2 Å². The molecule has 0 saturated heterocycles. The lowest BCUT2D eigenvalue weighted by Gasteiger charge is -2.16. The summed E-state index contributed by atoms with van der Waals surface area (Å²) in [4.78, 5) is 13.2. The fraction of sp³-hybridized carbons (Fsp3) is 0.261. The van der Waals surface area contributed by atoms with Crippen LogP contribution < -0.4 is 9.47 Å². The quantitative estimate of drug-likeness (QED) is 0.670. The highest BCUT2D eigenvalue weighted by atomic mass is 16.5. The van der Waals surface area contributed by atoms with Crippen LogP contribution in [0.2, 0.25) is 0 Å². The van der Waals surface area contributed by atoms with Crippen molar-refractivity contribution >= 4 is 16.6 Å². The number of hydrogen-bond acceptors (Lipinski definition) is 3. The second-order valence-electron chi connectivity index (χ2n) is 6.89. The van der Waals surface area contributed by atoms with Crippen LogP contribution in [0.3, 0.4) is 0 Å². The van der Waals surface area contributed by atoms with Crippen LogP contribution in [0.15, 0.2) is 42.5 Å². The van der Waals surface area contributed by atoms with Crippen LogP contribution in [0.5, 0.6) is 11.5 Å². The standard InChI is InChI=1S/C23H22O3/c1-13-16-11-20(25-3)21(26-4)12-17(16)14(2)22-18(13)10-19(23(22)24)15-8-6-5-7-9-15/h5-9,11-12,19H,10H2,1-4H3. The molecule has 3 aromatic rings. The van der Waals surface area contributed by atoms with Crippen molar-refractivity contribution in [3.05, 3.63) is 70.3 Å². The monoisotopic (exact) mass is 346 g/mol. The molecule has 0 amide bonds. The topological polar surface area (TPSA) is 35.5 Å². The van der Waals surface area contributed by atoms with Crippen LogP contribution in [0.25, 0.3) is 10.8 Å². The Morgan fingerprint density at radius 3 is 2.04 bits per heavy atom. The van der Waals surface area contributed by atoms with E-state index in [-0.39, 0.29) is 11.7 Å². The van der Waals surface area contributed by atoms with Gasteiger partial charge in [-0.25, -0.2) is 0 Å². The van der Waals surface area contributed by atoms with E-state index in [1.54, 1.807) is 14.2 Å². The van der Waals surface area contributed by atoms with Crippen LogP contribution in [-0.2, 0) is 6.42 Å². The summed E-state index contributed by atoms with van der Waals surface area (Å²) in [5.41, 5.74) is 5.34. The molecule has 0 fully saturated rings. The van der Waals surface area contributed by atoms with E-state index in [1.807, 2.05) is 49.4 Å². The average Bonchev–Trinajstić information content (AvgIpc) is 3.03. The molecule has 0 N–H and O–H groups in total. The summed E-state index contributed by atoms with van der Waals surface area (Å²) in [6.45, 7) is 4.14. The van der Waals surface area contributed by atoms with Gasteiger partial charge in [-0.2, -0.15) is 0 Å². The van der Waals surface area contributed by atoms with E-state index < -0.39 is 0 Å². The Labute approximate surface area is 153 Å². The molecule has 3 aromatic carbocycles. The maximum absolute atomic E-state index is 13.2. The lowest BCUT2D eigenvalue weighted by Crippen LogP contribution is -2.07. The van der Waals surface area contributed by atoms with Crippen molar-refractivity contribution in [1.82, 2.24) is 0 Å². The number of ether oxygens (including phenoxy) is 2. The minimum absolute atomic E-state index is 0.0933. The zero-order valence-electron chi connectivity index (χ0n) is 15.6. The predicted octanol–water partition coefficient (Wildman–Crippen LogP) is 5.00. The van der Waals surface area contributed by atoms with Gasteiger partial charge in [-0.3, -0.25) is 4.79 Å². The van der Waals surface area contributed by atoms with Crippen LogP contribution in [0.4, 0.5) is 0 Å². The molecule has 0 aromatic heterocycles. The van der Waals surface area contributed by atoms with Crippen LogP contribution in [0, 0.1) is 13.8 Å². The van der Waals surface area contributed by atoms with Gasteiger partial charge in [0.25, 0.3) is 0 Å². The highest BCUT2D eigenvalue weighted by molar-refractivity contribution is 6.11. The van der Waals surface area contributed by atoms with Crippen molar-refractivity contribution < 1.29 is 14.3 Å². The molecule has 3 nitrogen and oxygen atoms in total. The second-order valence-corrected chi connectivity index (χ2v) is 6.89.